The van der Waals surface area contributed by atoms with E-state index in [4.69, 9.17) is 4.74 Å². The van der Waals surface area contributed by atoms with E-state index in [1.807, 2.05) is 43.3 Å². The molecule has 3 heteroatoms. The van der Waals surface area contributed by atoms with Crippen LogP contribution in [0.4, 0.5) is 5.69 Å². The second-order valence-electron chi connectivity index (χ2n) is 2.91. The Balaban J connectivity index is 2.69. The molecule has 0 unspecified atom stereocenters. The molecule has 0 radical (unpaired) electrons. The van der Waals surface area contributed by atoms with Crippen LogP contribution in [0, 0.1) is 0 Å². The lowest BCUT2D eigenvalue weighted by molar-refractivity contribution is 0.415. The molecule has 3 nitrogen and oxygen atoms in total. The van der Waals surface area contributed by atoms with E-state index in [2.05, 4.69) is 4.99 Å². The van der Waals surface area contributed by atoms with Crippen LogP contribution in [0.1, 0.15) is 0 Å². The standard InChI is InChI=1S/C10H14N2O/c1-12(2)8-11-9-4-6-10(13-3)7-5-9/h4-8H,1-3H3. The largest absolute Gasteiger partial charge is 0.497 e. The Morgan fingerprint density at radius 2 is 1.85 bits per heavy atom. The molecule has 0 aliphatic heterocycles. The first kappa shape index (κ1) is 9.58. The highest BCUT2D eigenvalue weighted by Crippen LogP contribution is 2.16. The van der Waals surface area contributed by atoms with E-state index in [1.165, 1.54) is 0 Å². The van der Waals surface area contributed by atoms with E-state index < -0.39 is 0 Å². The van der Waals surface area contributed by atoms with Gasteiger partial charge in [0, 0.05) is 14.1 Å². The van der Waals surface area contributed by atoms with Crippen LogP contribution in [0.25, 0.3) is 0 Å². The molecule has 0 amide bonds. The molecule has 0 atom stereocenters. The van der Waals surface area contributed by atoms with Crippen LogP contribution in [0.3, 0.4) is 0 Å². The van der Waals surface area contributed by atoms with Gasteiger partial charge in [-0.2, -0.15) is 0 Å². The molecule has 0 heterocycles. The lowest BCUT2D eigenvalue weighted by Crippen LogP contribution is -2.06. The first-order chi connectivity index (χ1) is 6.22. The van der Waals surface area contributed by atoms with Gasteiger partial charge in [0.1, 0.15) is 5.75 Å². The molecule has 0 aliphatic rings. The first-order valence-electron chi connectivity index (χ1n) is 4.07. The van der Waals surface area contributed by atoms with Crippen molar-refractivity contribution in [1.29, 1.82) is 0 Å². The number of methoxy groups -OCH3 is 1. The fraction of sp³-hybridized carbons (Fsp3) is 0.300. The molecule has 0 aromatic heterocycles. The number of nitrogens with zero attached hydrogens (tertiary/aromatic N) is 2. The molecule has 13 heavy (non-hydrogen) atoms. The third kappa shape index (κ3) is 3.15. The summed E-state index contributed by atoms with van der Waals surface area (Å²) in [6, 6.07) is 7.61. The Morgan fingerprint density at radius 1 is 1.23 bits per heavy atom. The van der Waals surface area contributed by atoms with Gasteiger partial charge in [-0.25, -0.2) is 4.99 Å². The zero-order valence-corrected chi connectivity index (χ0v) is 8.19. The minimum absolute atomic E-state index is 0.851. The monoisotopic (exact) mass is 178 g/mol. The molecule has 70 valence electrons. The van der Waals surface area contributed by atoms with Crippen molar-refractivity contribution in [2.75, 3.05) is 21.2 Å². The van der Waals surface area contributed by atoms with E-state index in [-0.39, 0.29) is 0 Å². The van der Waals surface area contributed by atoms with Crippen LogP contribution >= 0.6 is 0 Å². The van der Waals surface area contributed by atoms with Crippen LogP contribution in [0.5, 0.6) is 5.75 Å². The zero-order valence-electron chi connectivity index (χ0n) is 8.19. The van der Waals surface area contributed by atoms with Gasteiger partial charge in [0.25, 0.3) is 0 Å². The van der Waals surface area contributed by atoms with Crippen molar-refractivity contribution in [3.05, 3.63) is 24.3 Å². The summed E-state index contributed by atoms with van der Waals surface area (Å²) in [5.74, 6) is 0.851. The first-order valence-corrected chi connectivity index (χ1v) is 4.07. The van der Waals surface area contributed by atoms with E-state index >= 15 is 0 Å². The predicted molar refractivity (Wildman–Crippen MR) is 54.8 cm³/mol. The van der Waals surface area contributed by atoms with Crippen LogP contribution in [0.2, 0.25) is 0 Å². The Labute approximate surface area is 78.7 Å². The Morgan fingerprint density at radius 3 is 2.31 bits per heavy atom. The molecular formula is C10H14N2O. The Bertz CT molecular complexity index is 277. The molecule has 1 aromatic rings. The molecule has 0 saturated carbocycles. The van der Waals surface area contributed by atoms with Crippen molar-refractivity contribution in [3.8, 4) is 5.75 Å². The Kier molecular flexibility index (Phi) is 3.31. The summed E-state index contributed by atoms with van der Waals surface area (Å²) in [6.45, 7) is 0. The van der Waals surface area contributed by atoms with Crippen molar-refractivity contribution >= 4 is 12.0 Å². The van der Waals surface area contributed by atoms with Gasteiger partial charge in [0.05, 0.1) is 19.1 Å². The van der Waals surface area contributed by atoms with Crippen LogP contribution in [-0.4, -0.2) is 32.4 Å². The zero-order chi connectivity index (χ0) is 9.68. The van der Waals surface area contributed by atoms with Crippen molar-refractivity contribution in [1.82, 2.24) is 4.90 Å². The van der Waals surface area contributed by atoms with Gasteiger partial charge in [-0.1, -0.05) is 0 Å². The third-order valence-electron chi connectivity index (χ3n) is 1.51. The summed E-state index contributed by atoms with van der Waals surface area (Å²) in [5, 5.41) is 0. The number of hydrogen-bond donors (Lipinski definition) is 0. The quantitative estimate of drug-likeness (QED) is 0.521. The topological polar surface area (TPSA) is 24.8 Å². The molecule has 0 N–H and O–H groups in total. The van der Waals surface area contributed by atoms with Crippen LogP contribution < -0.4 is 4.74 Å². The summed E-state index contributed by atoms with van der Waals surface area (Å²) < 4.78 is 5.03. The maximum atomic E-state index is 5.03. The van der Waals surface area contributed by atoms with E-state index in [0.29, 0.717) is 0 Å². The minimum Gasteiger partial charge on any atom is -0.497 e. The van der Waals surface area contributed by atoms with Gasteiger partial charge in [-0.3, -0.25) is 0 Å². The summed E-state index contributed by atoms with van der Waals surface area (Å²) >= 11 is 0. The summed E-state index contributed by atoms with van der Waals surface area (Å²) in [5.41, 5.74) is 0.925. The normalized spacial score (nSPS) is 10.4. The molecule has 1 aromatic carbocycles. The van der Waals surface area contributed by atoms with Crippen LogP contribution in [-0.2, 0) is 0 Å². The van der Waals surface area contributed by atoms with E-state index in [9.17, 15) is 0 Å². The summed E-state index contributed by atoms with van der Waals surface area (Å²) in [7, 11) is 5.53. The predicted octanol–water partition coefficient (Wildman–Crippen LogP) is 1.92. The lowest BCUT2D eigenvalue weighted by atomic mass is 10.3. The van der Waals surface area contributed by atoms with Gasteiger partial charge in [0.15, 0.2) is 0 Å². The lowest BCUT2D eigenvalue weighted by Gasteiger charge is -2.02. The highest BCUT2D eigenvalue weighted by Gasteiger charge is 1.90. The van der Waals surface area contributed by atoms with Gasteiger partial charge >= 0.3 is 0 Å². The van der Waals surface area contributed by atoms with E-state index in [0.717, 1.165) is 11.4 Å². The smallest absolute Gasteiger partial charge is 0.119 e. The average molecular weight is 178 g/mol. The van der Waals surface area contributed by atoms with Crippen molar-refractivity contribution in [2.45, 2.75) is 0 Å². The molecule has 0 bridgehead atoms. The Hall–Kier alpha value is -1.51. The van der Waals surface area contributed by atoms with Crippen molar-refractivity contribution in [3.63, 3.8) is 0 Å². The molecular weight excluding hydrogens is 164 g/mol. The van der Waals surface area contributed by atoms with Crippen LogP contribution in [0.15, 0.2) is 29.3 Å². The molecule has 1 rings (SSSR count). The van der Waals surface area contributed by atoms with Gasteiger partial charge in [-0.05, 0) is 24.3 Å². The van der Waals surface area contributed by atoms with Crippen molar-refractivity contribution < 1.29 is 4.74 Å². The SMILES string of the molecule is COc1ccc(N=CN(C)C)cc1. The highest BCUT2D eigenvalue weighted by atomic mass is 16.5. The van der Waals surface area contributed by atoms with E-state index in [1.54, 1.807) is 13.4 Å². The summed E-state index contributed by atoms with van der Waals surface area (Å²) in [4.78, 5) is 6.12. The number of ether oxygens (including phenoxy) is 1. The van der Waals surface area contributed by atoms with Gasteiger partial charge in [0.2, 0.25) is 0 Å². The number of hydrogen-bond acceptors (Lipinski definition) is 2. The van der Waals surface area contributed by atoms with Gasteiger partial charge in [-0.15, -0.1) is 0 Å². The average Bonchev–Trinajstić information content (AvgIpc) is 2.15. The third-order valence-corrected chi connectivity index (χ3v) is 1.51. The number of benzene rings is 1. The molecule has 0 aliphatic carbocycles. The fourth-order valence-corrected chi connectivity index (χ4v) is 0.850. The number of rotatable bonds is 3. The maximum absolute atomic E-state index is 5.03. The number of aliphatic imine (C=N–C) groups is 1. The van der Waals surface area contributed by atoms with Crippen molar-refractivity contribution in [2.24, 2.45) is 4.99 Å². The summed E-state index contributed by atoms with van der Waals surface area (Å²) in [6.07, 6.45) is 1.77. The second kappa shape index (κ2) is 4.50. The molecule has 0 fully saturated rings. The molecule has 0 saturated heterocycles. The van der Waals surface area contributed by atoms with Gasteiger partial charge < -0.3 is 9.64 Å². The highest BCUT2D eigenvalue weighted by molar-refractivity contribution is 5.60. The fourth-order valence-electron chi connectivity index (χ4n) is 0.850. The minimum atomic E-state index is 0.851. The molecule has 0 spiro atoms. The maximum Gasteiger partial charge on any atom is 0.119 e. The second-order valence-corrected chi connectivity index (χ2v) is 2.91.